The molecule has 30 heavy (non-hydrogen) atoms. The van der Waals surface area contributed by atoms with Gasteiger partial charge in [0.15, 0.2) is 0 Å². The Morgan fingerprint density at radius 3 is 1.27 bits per heavy atom. The van der Waals surface area contributed by atoms with E-state index in [0.29, 0.717) is 0 Å². The molecule has 0 fully saturated rings. The molecule has 4 aliphatic rings. The third-order valence-electron chi connectivity index (χ3n) is 4.37. The minimum absolute atomic E-state index is 1.31. The van der Waals surface area contributed by atoms with Crippen LogP contribution >= 0.6 is 94.1 Å². The fraction of sp³-hybridized carbons (Fsp3) is 0.182. The van der Waals surface area contributed by atoms with Crippen molar-refractivity contribution < 1.29 is 0 Å². The van der Waals surface area contributed by atoms with Crippen LogP contribution in [0.1, 0.15) is 11.1 Å². The summed E-state index contributed by atoms with van der Waals surface area (Å²) in [6, 6.07) is 13.3. The lowest BCUT2D eigenvalue weighted by molar-refractivity contribution is 1.79. The van der Waals surface area contributed by atoms with E-state index < -0.39 is 0 Å². The maximum Gasteiger partial charge on any atom is 0.0657 e. The van der Waals surface area contributed by atoms with E-state index in [0.717, 1.165) is 0 Å². The van der Waals surface area contributed by atoms with Crippen molar-refractivity contribution in [2.45, 2.75) is 0 Å². The van der Waals surface area contributed by atoms with Crippen LogP contribution in [0.3, 0.4) is 0 Å². The largest absolute Gasteiger partial charge is 0.121 e. The second-order valence-corrected chi connectivity index (χ2v) is 15.1. The van der Waals surface area contributed by atoms with E-state index in [9.17, 15) is 0 Å². The van der Waals surface area contributed by atoms with Crippen LogP contribution in [0.25, 0.3) is 23.3 Å². The standard InChI is InChI=1S/C22H20S8/c1-23-19-20(24-2)28-17(27-19)11-13-10-14(16-9-7-5-6-8-15(13)16)12-18-29-21(25-3)22(26-4)30-18/h5-12H,1-4H3. The Labute approximate surface area is 213 Å². The molecule has 4 rings (SSSR count). The molecule has 8 heteroatoms. The molecule has 0 aromatic heterocycles. The van der Waals surface area contributed by atoms with Crippen molar-refractivity contribution >= 4 is 106 Å². The molecule has 0 unspecified atom stereocenters. The van der Waals surface area contributed by atoms with Crippen LogP contribution in [-0.4, -0.2) is 25.0 Å². The summed E-state index contributed by atoms with van der Waals surface area (Å²) in [5, 5.41) is 0. The number of rotatable bonds is 6. The van der Waals surface area contributed by atoms with Gasteiger partial charge in [0.25, 0.3) is 0 Å². The molecule has 156 valence electrons. The fourth-order valence-electron chi connectivity index (χ4n) is 3.06. The molecular weight excluding hydrogens is 521 g/mol. The van der Waals surface area contributed by atoms with Gasteiger partial charge < -0.3 is 0 Å². The third kappa shape index (κ3) is 5.16. The number of thioether (sulfide) groups is 8. The Morgan fingerprint density at radius 2 is 0.933 bits per heavy atom. The Hall–Kier alpha value is 0.460. The molecule has 0 atom stereocenters. The molecular formula is C22H20S8. The highest BCUT2D eigenvalue weighted by molar-refractivity contribution is 8.41. The highest BCUT2D eigenvalue weighted by atomic mass is 32.3. The molecule has 0 saturated heterocycles. The third-order valence-corrected chi connectivity index (χ3v) is 14.5. The Kier molecular flexibility index (Phi) is 8.70. The summed E-state index contributed by atoms with van der Waals surface area (Å²) < 4.78 is 8.40. The molecule has 2 aliphatic heterocycles. The van der Waals surface area contributed by atoms with Gasteiger partial charge >= 0.3 is 0 Å². The average molecular weight is 541 g/mol. The lowest BCUT2D eigenvalue weighted by atomic mass is 10.1. The number of fused-ring (bicyclic) bond motifs is 1. The molecule has 0 saturated carbocycles. The smallest absolute Gasteiger partial charge is 0.0657 e. The van der Waals surface area contributed by atoms with Crippen molar-refractivity contribution in [2.24, 2.45) is 0 Å². The molecule has 0 radical (unpaired) electrons. The highest BCUT2D eigenvalue weighted by Gasteiger charge is 2.23. The van der Waals surface area contributed by atoms with E-state index >= 15 is 0 Å². The molecule has 0 amide bonds. The first-order chi connectivity index (χ1) is 14.7. The zero-order chi connectivity index (χ0) is 21.1. The van der Waals surface area contributed by atoms with Crippen LogP contribution in [0.4, 0.5) is 0 Å². The Bertz CT molecular complexity index is 931. The second-order valence-electron chi connectivity index (χ2n) is 6.09. The van der Waals surface area contributed by atoms with E-state index in [1.54, 1.807) is 0 Å². The minimum atomic E-state index is 1.31. The van der Waals surface area contributed by atoms with Crippen LogP contribution in [0.2, 0.25) is 0 Å². The van der Waals surface area contributed by atoms with Crippen LogP contribution in [0.5, 0.6) is 0 Å². The van der Waals surface area contributed by atoms with E-state index in [1.165, 1.54) is 47.7 Å². The predicted octanol–water partition coefficient (Wildman–Crippen LogP) is 10.1. The summed E-state index contributed by atoms with van der Waals surface area (Å²) >= 11 is 15.0. The van der Waals surface area contributed by atoms with Gasteiger partial charge in [0, 0.05) is 0 Å². The second kappa shape index (κ2) is 11.1. The molecule has 2 heterocycles. The van der Waals surface area contributed by atoms with Crippen LogP contribution in [0, 0.1) is 0 Å². The average Bonchev–Trinajstić information content (AvgIpc) is 3.37. The lowest BCUT2D eigenvalue weighted by Crippen LogP contribution is -1.74. The van der Waals surface area contributed by atoms with Gasteiger partial charge in [-0.2, -0.15) is 0 Å². The van der Waals surface area contributed by atoms with Crippen molar-refractivity contribution in [1.82, 2.24) is 0 Å². The summed E-state index contributed by atoms with van der Waals surface area (Å²) in [6.07, 6.45) is 13.4. The summed E-state index contributed by atoms with van der Waals surface area (Å²) in [5.41, 5.74) is 5.25. The lowest BCUT2D eigenvalue weighted by Gasteiger charge is -2.00. The van der Waals surface area contributed by atoms with E-state index in [2.05, 4.69) is 73.6 Å². The maximum atomic E-state index is 2.37. The van der Waals surface area contributed by atoms with Gasteiger partial charge in [0.05, 0.1) is 25.4 Å². The van der Waals surface area contributed by atoms with Gasteiger partial charge in [0.2, 0.25) is 0 Å². The zero-order valence-corrected chi connectivity index (χ0v) is 23.4. The van der Waals surface area contributed by atoms with E-state index in [1.807, 2.05) is 94.1 Å². The topological polar surface area (TPSA) is 0 Å². The first-order valence-electron chi connectivity index (χ1n) is 8.98. The summed E-state index contributed by atoms with van der Waals surface area (Å²) in [5.74, 6) is 0. The highest BCUT2D eigenvalue weighted by Crippen LogP contribution is 2.58. The van der Waals surface area contributed by atoms with Crippen LogP contribution in [0.15, 0.2) is 61.8 Å². The van der Waals surface area contributed by atoms with Gasteiger partial charge in [-0.05, 0) is 65.5 Å². The van der Waals surface area contributed by atoms with Gasteiger partial charge in [-0.25, -0.2) is 0 Å². The van der Waals surface area contributed by atoms with Crippen molar-refractivity contribution in [1.29, 1.82) is 0 Å². The van der Waals surface area contributed by atoms with Gasteiger partial charge in [-0.1, -0.05) is 77.4 Å². The molecule has 0 N–H and O–H groups in total. The maximum absolute atomic E-state index is 2.37. The first kappa shape index (κ1) is 23.6. The molecule has 2 aliphatic carbocycles. The molecule has 0 bridgehead atoms. The summed E-state index contributed by atoms with van der Waals surface area (Å²) in [7, 11) is 0. The van der Waals surface area contributed by atoms with E-state index in [-0.39, 0.29) is 0 Å². The predicted molar refractivity (Wildman–Crippen MR) is 157 cm³/mol. The Morgan fingerprint density at radius 1 is 0.567 bits per heavy atom. The normalized spacial score (nSPS) is 16.9. The number of hydrogen-bond acceptors (Lipinski definition) is 8. The van der Waals surface area contributed by atoms with Crippen molar-refractivity contribution in [3.8, 4) is 11.1 Å². The van der Waals surface area contributed by atoms with Crippen LogP contribution in [-0.2, 0) is 0 Å². The molecule has 0 spiro atoms. The van der Waals surface area contributed by atoms with Gasteiger partial charge in [0.1, 0.15) is 0 Å². The van der Waals surface area contributed by atoms with Crippen molar-refractivity contribution in [2.75, 3.05) is 25.0 Å². The quantitative estimate of drug-likeness (QED) is 0.350. The van der Waals surface area contributed by atoms with Crippen molar-refractivity contribution in [3.05, 3.63) is 72.9 Å². The van der Waals surface area contributed by atoms with Crippen LogP contribution < -0.4 is 0 Å². The SMILES string of the molecule is CSC1=C(SC)SC(=Cc2cc(C=C3SC(SC)=C(SC)S3)c3cccccc2-3)S1. The fourth-order valence-corrected chi connectivity index (χ4v) is 12.9. The summed E-state index contributed by atoms with van der Waals surface area (Å²) in [6.45, 7) is 0. The molecule has 0 aromatic rings. The monoisotopic (exact) mass is 540 g/mol. The van der Waals surface area contributed by atoms with Gasteiger partial charge in [-0.3, -0.25) is 0 Å². The zero-order valence-electron chi connectivity index (χ0n) is 16.9. The Balaban J connectivity index is 1.69. The van der Waals surface area contributed by atoms with Crippen molar-refractivity contribution in [3.63, 3.8) is 0 Å². The molecule has 0 nitrogen and oxygen atoms in total. The number of hydrogen-bond donors (Lipinski definition) is 0. The summed E-state index contributed by atoms with van der Waals surface area (Å²) in [4.78, 5) is 0. The van der Waals surface area contributed by atoms with Gasteiger partial charge in [-0.15, -0.1) is 47.0 Å². The first-order valence-corrected chi connectivity index (χ1v) is 17.1. The molecule has 0 aromatic carbocycles. The van der Waals surface area contributed by atoms with E-state index in [4.69, 9.17) is 0 Å². The minimum Gasteiger partial charge on any atom is -0.121 e.